The number of fused-ring (bicyclic) bond motifs is 1. The number of rotatable bonds is 13. The van der Waals surface area contributed by atoms with Crippen LogP contribution in [0.25, 0.3) is 43.9 Å². The second-order valence-corrected chi connectivity index (χ2v) is 12.3. The topological polar surface area (TPSA) is 114 Å². The van der Waals surface area contributed by atoms with Gasteiger partial charge in [-0.25, -0.2) is 18.7 Å². The van der Waals surface area contributed by atoms with E-state index >= 15 is 4.39 Å². The van der Waals surface area contributed by atoms with Crippen LogP contribution in [-0.4, -0.2) is 78.0 Å². The van der Waals surface area contributed by atoms with Crippen LogP contribution in [0.5, 0.6) is 11.6 Å². The van der Waals surface area contributed by atoms with E-state index in [9.17, 15) is 9.18 Å². The molecule has 244 valence electrons. The van der Waals surface area contributed by atoms with Crippen molar-refractivity contribution in [2.24, 2.45) is 5.92 Å². The van der Waals surface area contributed by atoms with E-state index in [2.05, 4.69) is 39.0 Å². The van der Waals surface area contributed by atoms with Gasteiger partial charge < -0.3 is 24.4 Å². The molecular weight excluding hydrogens is 626 g/mol. The smallest absolute Gasteiger partial charge is 0.243 e. The summed E-state index contributed by atoms with van der Waals surface area (Å²) in [5.41, 5.74) is 3.06. The van der Waals surface area contributed by atoms with Gasteiger partial charge in [-0.05, 0) is 43.6 Å². The van der Waals surface area contributed by atoms with Crippen LogP contribution in [0.1, 0.15) is 18.7 Å². The average Bonchev–Trinajstić information content (AvgIpc) is 3.73. The number of carbonyl (C=O) groups is 1. The van der Waals surface area contributed by atoms with E-state index in [-0.39, 0.29) is 30.4 Å². The van der Waals surface area contributed by atoms with Crippen molar-refractivity contribution in [2.75, 3.05) is 47.1 Å². The number of aromatic nitrogens is 4. The highest BCUT2D eigenvalue weighted by molar-refractivity contribution is 7.18. The number of ether oxygens (including phenoxy) is 3. The van der Waals surface area contributed by atoms with Gasteiger partial charge in [0.2, 0.25) is 11.8 Å². The van der Waals surface area contributed by atoms with E-state index in [1.165, 1.54) is 24.5 Å². The molecule has 2 N–H and O–H groups in total. The van der Waals surface area contributed by atoms with Crippen LogP contribution in [0.4, 0.5) is 8.78 Å². The number of amides is 1. The number of aromatic amines is 1. The molecule has 1 aromatic carbocycles. The number of H-pyrrole nitrogens is 1. The lowest BCUT2D eigenvalue weighted by Crippen LogP contribution is -2.46. The van der Waals surface area contributed by atoms with E-state index in [0.29, 0.717) is 51.4 Å². The molecule has 47 heavy (non-hydrogen) atoms. The average molecular weight is 661 g/mol. The molecule has 6 rings (SSSR count). The molecular formula is C34H34F2N6O4S. The summed E-state index contributed by atoms with van der Waals surface area (Å²) in [5.74, 6) is -0.940. The van der Waals surface area contributed by atoms with Crippen molar-refractivity contribution in [3.8, 4) is 45.4 Å². The summed E-state index contributed by atoms with van der Waals surface area (Å²) < 4.78 is 48.0. The molecule has 10 nitrogen and oxygen atoms in total. The lowest BCUT2D eigenvalue weighted by atomic mass is 9.96. The zero-order chi connectivity index (χ0) is 33.1. The zero-order valence-corrected chi connectivity index (χ0v) is 27.0. The van der Waals surface area contributed by atoms with Crippen LogP contribution in [-0.2, 0) is 9.53 Å². The monoisotopic (exact) mass is 660 g/mol. The third-order valence-corrected chi connectivity index (χ3v) is 8.82. The van der Waals surface area contributed by atoms with E-state index in [4.69, 9.17) is 19.2 Å². The Morgan fingerprint density at radius 1 is 1.17 bits per heavy atom. The van der Waals surface area contributed by atoms with E-state index in [0.717, 1.165) is 36.2 Å². The number of nitrogens with zero attached hydrogens (tertiary/aromatic N) is 4. The third-order valence-electron chi connectivity index (χ3n) is 7.89. The van der Waals surface area contributed by atoms with E-state index in [1.807, 2.05) is 23.6 Å². The van der Waals surface area contributed by atoms with Crippen LogP contribution in [0.2, 0.25) is 0 Å². The summed E-state index contributed by atoms with van der Waals surface area (Å²) in [5, 5.41) is 12.9. The van der Waals surface area contributed by atoms with Crippen LogP contribution >= 0.6 is 11.3 Å². The first-order chi connectivity index (χ1) is 22.7. The Balaban J connectivity index is 1.48. The standard InChI is InChI=1S/C34H34F2N6O4S/c1-5-28(43)38-19(2)25-14-26(41-40-25)33-31(30-24(36)12-22(35)13-27(30)45-10-9-44-4)34-23(8-11-47-34)32(39-33)21-6-7-29(37-15-21)46-18-20-16-42(3)17-20/h5-8,11-15,19-20H,1,9-10,16-18H2,2-4H3,(H,38,43)(H,40,41). The minimum Gasteiger partial charge on any atom is -0.490 e. The van der Waals surface area contributed by atoms with Crippen LogP contribution < -0.4 is 14.8 Å². The van der Waals surface area contributed by atoms with Gasteiger partial charge in [0.15, 0.2) is 0 Å². The second-order valence-electron chi connectivity index (χ2n) is 11.4. The van der Waals surface area contributed by atoms with Crippen molar-refractivity contribution in [3.63, 3.8) is 0 Å². The summed E-state index contributed by atoms with van der Waals surface area (Å²) >= 11 is 1.39. The molecule has 1 aliphatic rings. The van der Waals surface area contributed by atoms with Crippen molar-refractivity contribution in [3.05, 3.63) is 78.0 Å². The number of hydrogen-bond donors (Lipinski definition) is 2. The molecule has 1 aliphatic heterocycles. The highest BCUT2D eigenvalue weighted by Gasteiger charge is 2.27. The van der Waals surface area contributed by atoms with Crippen LogP contribution in [0, 0.1) is 17.6 Å². The maximum atomic E-state index is 15.9. The molecule has 0 spiro atoms. The van der Waals surface area contributed by atoms with Gasteiger partial charge in [-0.2, -0.15) is 5.10 Å². The predicted octanol–water partition coefficient (Wildman–Crippen LogP) is 6.02. The van der Waals surface area contributed by atoms with Gasteiger partial charge in [0.1, 0.15) is 35.4 Å². The molecule has 1 unspecified atom stereocenters. The summed E-state index contributed by atoms with van der Waals surface area (Å²) in [7, 11) is 3.59. The van der Waals surface area contributed by atoms with E-state index < -0.39 is 17.7 Å². The SMILES string of the molecule is C=CC(=O)NC(C)c1cc(-c2nc(-c3ccc(OCC4CN(C)C4)nc3)c3ccsc3c2-c2c(F)cc(F)cc2OCCOC)n[nH]1. The fourth-order valence-corrected chi connectivity index (χ4v) is 6.52. The summed E-state index contributed by atoms with van der Waals surface area (Å²) in [6.07, 6.45) is 2.88. The Morgan fingerprint density at radius 2 is 2.00 bits per heavy atom. The largest absolute Gasteiger partial charge is 0.490 e. The lowest BCUT2D eigenvalue weighted by Gasteiger charge is -2.35. The molecule has 5 aromatic rings. The van der Waals surface area contributed by atoms with Crippen molar-refractivity contribution >= 4 is 27.3 Å². The van der Waals surface area contributed by atoms with Gasteiger partial charge >= 0.3 is 0 Å². The number of methoxy groups -OCH3 is 1. The van der Waals surface area contributed by atoms with Crippen molar-refractivity contribution in [1.29, 1.82) is 0 Å². The molecule has 0 bridgehead atoms. The fourth-order valence-electron chi connectivity index (χ4n) is 5.58. The molecule has 0 saturated carbocycles. The number of benzene rings is 1. The number of halogens is 2. The normalized spacial score (nSPS) is 14.1. The quantitative estimate of drug-likeness (QED) is 0.116. The van der Waals surface area contributed by atoms with Crippen molar-refractivity contribution in [1.82, 2.24) is 30.4 Å². The summed E-state index contributed by atoms with van der Waals surface area (Å²) in [6.45, 7) is 8.18. The van der Waals surface area contributed by atoms with Gasteiger partial charge in [0.05, 0.1) is 36.2 Å². The minimum atomic E-state index is -0.814. The number of pyridine rings is 2. The Kier molecular flexibility index (Phi) is 9.57. The first-order valence-electron chi connectivity index (χ1n) is 15.0. The minimum absolute atomic E-state index is 0.00764. The summed E-state index contributed by atoms with van der Waals surface area (Å²) in [6, 6.07) is 8.87. The fraction of sp³-hybridized carbons (Fsp3) is 0.294. The maximum Gasteiger partial charge on any atom is 0.243 e. The predicted molar refractivity (Wildman–Crippen MR) is 176 cm³/mol. The zero-order valence-electron chi connectivity index (χ0n) is 26.2. The van der Waals surface area contributed by atoms with Gasteiger partial charge in [0, 0.05) is 71.7 Å². The molecule has 0 radical (unpaired) electrons. The van der Waals surface area contributed by atoms with Crippen LogP contribution in [0.15, 0.2) is 60.6 Å². The van der Waals surface area contributed by atoms with Gasteiger partial charge in [-0.15, -0.1) is 11.3 Å². The first-order valence-corrected chi connectivity index (χ1v) is 15.9. The molecule has 1 atom stereocenters. The Labute approximate surface area is 274 Å². The molecule has 5 heterocycles. The lowest BCUT2D eigenvalue weighted by molar-refractivity contribution is -0.117. The summed E-state index contributed by atoms with van der Waals surface area (Å²) in [4.78, 5) is 23.8. The van der Waals surface area contributed by atoms with Crippen molar-refractivity contribution in [2.45, 2.75) is 13.0 Å². The van der Waals surface area contributed by atoms with Gasteiger partial charge in [0.25, 0.3) is 0 Å². The maximum absolute atomic E-state index is 15.9. The number of nitrogens with one attached hydrogen (secondary N) is 2. The Bertz CT molecular complexity index is 1900. The molecule has 1 saturated heterocycles. The number of hydrogen-bond acceptors (Lipinski definition) is 9. The Hall–Kier alpha value is -4.72. The number of thiophene rings is 1. The highest BCUT2D eigenvalue weighted by atomic mass is 32.1. The van der Waals surface area contributed by atoms with E-state index in [1.54, 1.807) is 19.2 Å². The molecule has 4 aromatic heterocycles. The molecule has 13 heteroatoms. The Morgan fingerprint density at radius 3 is 2.72 bits per heavy atom. The first kappa shape index (κ1) is 32.2. The second kappa shape index (κ2) is 14.0. The molecule has 1 fully saturated rings. The van der Waals surface area contributed by atoms with Gasteiger partial charge in [-0.1, -0.05) is 6.58 Å². The highest BCUT2D eigenvalue weighted by Crippen LogP contribution is 2.47. The van der Waals surface area contributed by atoms with Crippen molar-refractivity contribution < 1.29 is 27.8 Å². The molecule has 0 aliphatic carbocycles. The van der Waals surface area contributed by atoms with Gasteiger partial charge in [-0.3, -0.25) is 9.89 Å². The number of carbonyl (C=O) groups excluding carboxylic acids is 1. The number of likely N-dealkylation sites (tertiary alicyclic amines) is 1. The third kappa shape index (κ3) is 6.87. The van der Waals surface area contributed by atoms with Crippen LogP contribution in [0.3, 0.4) is 0 Å². The molecule has 1 amide bonds.